The first kappa shape index (κ1) is 11.2. The lowest BCUT2D eigenvalue weighted by atomic mass is 10.1. The highest BCUT2D eigenvalue weighted by molar-refractivity contribution is 5.74. The number of benzene rings is 1. The molecule has 0 bridgehead atoms. The summed E-state index contributed by atoms with van der Waals surface area (Å²) in [6, 6.07) is 5.91. The second-order valence-electron chi connectivity index (χ2n) is 2.98. The monoisotopic (exact) mass is 208 g/mol. The molecule has 0 atom stereocenters. The molecule has 0 heterocycles. The van der Waals surface area contributed by atoms with Crippen molar-refractivity contribution in [1.82, 2.24) is 10.6 Å². The van der Waals surface area contributed by atoms with Gasteiger partial charge in [0.25, 0.3) is 0 Å². The quantitative estimate of drug-likeness (QED) is 0.778. The van der Waals surface area contributed by atoms with Gasteiger partial charge in [0.2, 0.25) is 0 Å². The Balaban J connectivity index is 2.28. The summed E-state index contributed by atoms with van der Waals surface area (Å²) in [6.45, 7) is 3.87. The molecule has 1 aromatic carbocycles. The van der Waals surface area contributed by atoms with Crippen molar-refractivity contribution < 1.29 is 9.18 Å². The van der Waals surface area contributed by atoms with E-state index >= 15 is 0 Å². The second-order valence-corrected chi connectivity index (χ2v) is 2.98. The molecule has 0 aliphatic heterocycles. The third kappa shape index (κ3) is 4.26. The number of urea groups is 1. The zero-order valence-electron chi connectivity index (χ0n) is 8.29. The maximum atomic E-state index is 12.5. The van der Waals surface area contributed by atoms with E-state index in [1.54, 1.807) is 12.1 Å². The van der Waals surface area contributed by atoms with E-state index in [0.29, 0.717) is 13.0 Å². The molecule has 0 saturated heterocycles. The van der Waals surface area contributed by atoms with Gasteiger partial charge in [0.05, 0.1) is 0 Å². The van der Waals surface area contributed by atoms with E-state index in [1.807, 2.05) is 0 Å². The van der Waals surface area contributed by atoms with Crippen LogP contribution in [0.25, 0.3) is 0 Å². The van der Waals surface area contributed by atoms with Gasteiger partial charge in [-0.3, -0.25) is 0 Å². The van der Waals surface area contributed by atoms with Gasteiger partial charge >= 0.3 is 6.03 Å². The van der Waals surface area contributed by atoms with Crippen molar-refractivity contribution in [2.45, 2.75) is 6.42 Å². The van der Waals surface area contributed by atoms with Crippen molar-refractivity contribution in [3.8, 4) is 0 Å². The van der Waals surface area contributed by atoms with Gasteiger partial charge in [-0.1, -0.05) is 18.7 Å². The summed E-state index contributed by atoms with van der Waals surface area (Å²) in [5.74, 6) is -0.254. The molecule has 0 unspecified atom stereocenters. The molecule has 0 aliphatic carbocycles. The fourth-order valence-electron chi connectivity index (χ4n) is 1.12. The van der Waals surface area contributed by atoms with Crippen LogP contribution >= 0.6 is 0 Å². The molecule has 0 fully saturated rings. The molecule has 4 heteroatoms. The van der Waals surface area contributed by atoms with Gasteiger partial charge < -0.3 is 10.6 Å². The Kier molecular flexibility index (Phi) is 4.34. The van der Waals surface area contributed by atoms with Crippen molar-refractivity contribution in [2.24, 2.45) is 0 Å². The van der Waals surface area contributed by atoms with Gasteiger partial charge in [-0.25, -0.2) is 9.18 Å². The lowest BCUT2D eigenvalue weighted by molar-refractivity contribution is 0.244. The van der Waals surface area contributed by atoms with Crippen LogP contribution in [0.15, 0.2) is 37.0 Å². The molecule has 2 amide bonds. The fraction of sp³-hybridized carbons (Fsp3) is 0.182. The number of amides is 2. The summed E-state index contributed by atoms with van der Waals surface area (Å²) in [5, 5.41) is 5.03. The number of hydrogen-bond acceptors (Lipinski definition) is 1. The molecular weight excluding hydrogens is 195 g/mol. The van der Waals surface area contributed by atoms with Gasteiger partial charge in [-0.2, -0.15) is 0 Å². The molecule has 15 heavy (non-hydrogen) atoms. The van der Waals surface area contributed by atoms with Crippen LogP contribution in [0.5, 0.6) is 0 Å². The number of carbonyl (C=O) groups excluding carboxylic acids is 1. The minimum atomic E-state index is -0.285. The number of nitrogens with one attached hydrogen (secondary N) is 2. The first-order valence-corrected chi connectivity index (χ1v) is 4.62. The van der Waals surface area contributed by atoms with Gasteiger partial charge in [0.15, 0.2) is 0 Å². The van der Waals surface area contributed by atoms with Crippen molar-refractivity contribution in [3.63, 3.8) is 0 Å². The predicted octanol–water partition coefficient (Wildman–Crippen LogP) is 1.81. The number of rotatable bonds is 4. The maximum absolute atomic E-state index is 12.5. The van der Waals surface area contributed by atoms with E-state index < -0.39 is 0 Å². The summed E-state index contributed by atoms with van der Waals surface area (Å²) < 4.78 is 12.5. The van der Waals surface area contributed by atoms with Crippen molar-refractivity contribution in [1.29, 1.82) is 0 Å². The minimum Gasteiger partial charge on any atom is -0.338 e. The fourth-order valence-corrected chi connectivity index (χ4v) is 1.12. The Morgan fingerprint density at radius 3 is 2.67 bits per heavy atom. The average molecular weight is 208 g/mol. The predicted molar refractivity (Wildman–Crippen MR) is 56.8 cm³/mol. The van der Waals surface area contributed by atoms with E-state index in [2.05, 4.69) is 17.2 Å². The average Bonchev–Trinajstić information content (AvgIpc) is 2.21. The topological polar surface area (TPSA) is 41.1 Å². The number of halogens is 1. The summed E-state index contributed by atoms with van der Waals surface area (Å²) in [5.41, 5.74) is 0.982. The third-order valence-corrected chi connectivity index (χ3v) is 1.85. The zero-order chi connectivity index (χ0) is 11.1. The SMILES string of the molecule is C=CNC(=O)NCCc1ccc(F)cc1. The Labute approximate surface area is 88.0 Å². The molecule has 0 saturated carbocycles. The summed E-state index contributed by atoms with van der Waals surface area (Å²) >= 11 is 0. The van der Waals surface area contributed by atoms with Crippen LogP contribution in [0, 0.1) is 5.82 Å². The second kappa shape index (κ2) is 5.80. The minimum absolute atomic E-state index is 0.254. The van der Waals surface area contributed by atoms with Crippen LogP contribution < -0.4 is 10.6 Å². The Bertz CT molecular complexity index is 335. The molecular formula is C11H13FN2O. The highest BCUT2D eigenvalue weighted by Crippen LogP contribution is 2.02. The van der Waals surface area contributed by atoms with Gasteiger partial charge in [0, 0.05) is 6.54 Å². The van der Waals surface area contributed by atoms with E-state index in [-0.39, 0.29) is 11.8 Å². The Morgan fingerprint density at radius 2 is 2.07 bits per heavy atom. The summed E-state index contributed by atoms with van der Waals surface area (Å²) in [6.07, 6.45) is 1.98. The summed E-state index contributed by atoms with van der Waals surface area (Å²) in [4.78, 5) is 10.9. The van der Waals surface area contributed by atoms with Gasteiger partial charge in [0.1, 0.15) is 5.82 Å². The van der Waals surface area contributed by atoms with Crippen molar-refractivity contribution in [3.05, 3.63) is 48.4 Å². The van der Waals surface area contributed by atoms with Crippen LogP contribution in [-0.2, 0) is 6.42 Å². The van der Waals surface area contributed by atoms with Crippen LogP contribution in [0.3, 0.4) is 0 Å². The van der Waals surface area contributed by atoms with Crippen LogP contribution in [0.4, 0.5) is 9.18 Å². The van der Waals surface area contributed by atoms with Crippen LogP contribution in [0.2, 0.25) is 0 Å². The molecule has 0 aromatic heterocycles. The van der Waals surface area contributed by atoms with E-state index in [4.69, 9.17) is 0 Å². The molecule has 2 N–H and O–H groups in total. The molecule has 80 valence electrons. The van der Waals surface area contributed by atoms with Crippen LogP contribution in [-0.4, -0.2) is 12.6 Å². The van der Waals surface area contributed by atoms with Gasteiger partial charge in [-0.15, -0.1) is 0 Å². The van der Waals surface area contributed by atoms with E-state index in [1.165, 1.54) is 18.3 Å². The Morgan fingerprint density at radius 1 is 1.40 bits per heavy atom. The normalized spacial score (nSPS) is 9.40. The molecule has 3 nitrogen and oxygen atoms in total. The van der Waals surface area contributed by atoms with Crippen LogP contribution in [0.1, 0.15) is 5.56 Å². The van der Waals surface area contributed by atoms with Crippen molar-refractivity contribution in [2.75, 3.05) is 6.54 Å². The van der Waals surface area contributed by atoms with E-state index in [9.17, 15) is 9.18 Å². The molecule has 0 radical (unpaired) electrons. The van der Waals surface area contributed by atoms with E-state index in [0.717, 1.165) is 5.56 Å². The van der Waals surface area contributed by atoms with Gasteiger partial charge in [-0.05, 0) is 30.3 Å². The maximum Gasteiger partial charge on any atom is 0.318 e. The molecule has 1 aromatic rings. The lowest BCUT2D eigenvalue weighted by Gasteiger charge is -2.04. The largest absolute Gasteiger partial charge is 0.338 e. The Hall–Kier alpha value is -1.84. The van der Waals surface area contributed by atoms with Crippen molar-refractivity contribution >= 4 is 6.03 Å². The lowest BCUT2D eigenvalue weighted by Crippen LogP contribution is -2.33. The number of hydrogen-bond donors (Lipinski definition) is 2. The third-order valence-electron chi connectivity index (χ3n) is 1.85. The highest BCUT2D eigenvalue weighted by Gasteiger charge is 1.97. The molecule has 0 aliphatic rings. The standard InChI is InChI=1S/C11H13FN2O/c1-2-13-11(15)14-8-7-9-3-5-10(12)6-4-9/h2-6H,1,7-8H2,(H2,13,14,15). The first-order chi connectivity index (χ1) is 7.22. The highest BCUT2D eigenvalue weighted by atomic mass is 19.1. The summed E-state index contributed by atoms with van der Waals surface area (Å²) in [7, 11) is 0. The smallest absolute Gasteiger partial charge is 0.318 e. The molecule has 1 rings (SSSR count). The number of carbonyl (C=O) groups is 1. The first-order valence-electron chi connectivity index (χ1n) is 4.62. The molecule has 0 spiro atoms. The zero-order valence-corrected chi connectivity index (χ0v) is 8.29.